The smallest absolute Gasteiger partial charge is 0.168 e. The number of furan rings is 1. The Bertz CT molecular complexity index is 695. The lowest BCUT2D eigenvalue weighted by Gasteiger charge is -2.00. The number of aryl methyl sites for hydroxylation is 1. The van der Waals surface area contributed by atoms with Crippen molar-refractivity contribution in [3.05, 3.63) is 53.7 Å². The van der Waals surface area contributed by atoms with Crippen molar-refractivity contribution in [1.82, 2.24) is 4.98 Å². The average molecular weight is 237 g/mol. The second kappa shape index (κ2) is 4.11. The molecule has 88 valence electrons. The highest BCUT2D eigenvalue weighted by Crippen LogP contribution is 2.26. The summed E-state index contributed by atoms with van der Waals surface area (Å²) in [6.07, 6.45) is 0.765. The maximum Gasteiger partial charge on any atom is 0.168 e. The van der Waals surface area contributed by atoms with Crippen LogP contribution in [-0.2, 0) is 0 Å². The number of hydrogen-bond acceptors (Lipinski definition) is 3. The first-order chi connectivity index (χ1) is 8.78. The van der Waals surface area contributed by atoms with Crippen LogP contribution in [0.2, 0.25) is 0 Å². The summed E-state index contributed by atoms with van der Waals surface area (Å²) in [4.78, 5) is 15.2. The lowest BCUT2D eigenvalue weighted by Crippen LogP contribution is -1.93. The van der Waals surface area contributed by atoms with Gasteiger partial charge in [0.1, 0.15) is 17.0 Å². The molecule has 1 aromatic carbocycles. The Morgan fingerprint density at radius 3 is 2.78 bits per heavy atom. The SMILES string of the molecule is Cc1ccc(-c2cc3ccccc3o2)nc1C=O. The van der Waals surface area contributed by atoms with Crippen LogP contribution in [0.25, 0.3) is 22.4 Å². The first-order valence-electron chi connectivity index (χ1n) is 5.70. The highest BCUT2D eigenvalue weighted by Gasteiger charge is 2.08. The molecule has 0 aliphatic heterocycles. The normalized spacial score (nSPS) is 10.7. The molecule has 18 heavy (non-hydrogen) atoms. The molecule has 0 radical (unpaired) electrons. The molecular weight excluding hydrogens is 226 g/mol. The number of rotatable bonds is 2. The van der Waals surface area contributed by atoms with Gasteiger partial charge in [0.15, 0.2) is 12.0 Å². The van der Waals surface area contributed by atoms with Crippen LogP contribution in [0.5, 0.6) is 0 Å². The van der Waals surface area contributed by atoms with E-state index in [2.05, 4.69) is 4.98 Å². The Labute approximate surface area is 104 Å². The topological polar surface area (TPSA) is 43.1 Å². The van der Waals surface area contributed by atoms with Crippen molar-refractivity contribution in [3.8, 4) is 11.5 Å². The van der Waals surface area contributed by atoms with Gasteiger partial charge in [-0.05, 0) is 30.7 Å². The van der Waals surface area contributed by atoms with E-state index in [0.717, 1.165) is 22.8 Å². The molecule has 0 N–H and O–H groups in total. The fourth-order valence-corrected chi connectivity index (χ4v) is 1.91. The largest absolute Gasteiger partial charge is 0.454 e. The van der Waals surface area contributed by atoms with Crippen molar-refractivity contribution in [2.24, 2.45) is 0 Å². The van der Waals surface area contributed by atoms with Crippen LogP contribution in [0.15, 0.2) is 46.9 Å². The number of carbonyl (C=O) groups excluding carboxylic acids is 1. The minimum Gasteiger partial charge on any atom is -0.454 e. The summed E-state index contributed by atoms with van der Waals surface area (Å²) in [5.41, 5.74) is 2.82. The summed E-state index contributed by atoms with van der Waals surface area (Å²) in [5.74, 6) is 0.680. The van der Waals surface area contributed by atoms with Crippen LogP contribution in [-0.4, -0.2) is 11.3 Å². The van der Waals surface area contributed by atoms with Gasteiger partial charge in [-0.25, -0.2) is 4.98 Å². The van der Waals surface area contributed by atoms with E-state index in [1.165, 1.54) is 0 Å². The highest BCUT2D eigenvalue weighted by molar-refractivity contribution is 5.83. The molecule has 3 nitrogen and oxygen atoms in total. The van der Waals surface area contributed by atoms with Crippen molar-refractivity contribution < 1.29 is 9.21 Å². The minimum atomic E-state index is 0.452. The Morgan fingerprint density at radius 2 is 2.00 bits per heavy atom. The number of benzene rings is 1. The lowest BCUT2D eigenvalue weighted by atomic mass is 10.2. The van der Waals surface area contributed by atoms with Gasteiger partial charge in [0.25, 0.3) is 0 Å². The molecule has 0 saturated carbocycles. The molecule has 0 amide bonds. The molecule has 0 aliphatic rings. The van der Waals surface area contributed by atoms with Crippen molar-refractivity contribution in [2.45, 2.75) is 6.92 Å². The molecule has 3 heteroatoms. The zero-order valence-corrected chi connectivity index (χ0v) is 9.88. The summed E-state index contributed by atoms with van der Waals surface area (Å²) < 4.78 is 5.72. The van der Waals surface area contributed by atoms with Gasteiger partial charge in [-0.2, -0.15) is 0 Å². The third kappa shape index (κ3) is 1.70. The van der Waals surface area contributed by atoms with Crippen molar-refractivity contribution >= 4 is 17.3 Å². The number of aldehydes is 1. The number of carbonyl (C=O) groups is 1. The molecule has 3 rings (SSSR count). The van der Waals surface area contributed by atoms with Gasteiger partial charge < -0.3 is 4.42 Å². The fourth-order valence-electron chi connectivity index (χ4n) is 1.91. The van der Waals surface area contributed by atoms with E-state index in [9.17, 15) is 4.79 Å². The molecule has 2 heterocycles. The van der Waals surface area contributed by atoms with E-state index in [1.807, 2.05) is 49.4 Å². The van der Waals surface area contributed by atoms with Crippen LogP contribution in [0.3, 0.4) is 0 Å². The quantitative estimate of drug-likeness (QED) is 0.639. The van der Waals surface area contributed by atoms with Crippen molar-refractivity contribution in [2.75, 3.05) is 0 Å². The first-order valence-corrected chi connectivity index (χ1v) is 5.70. The van der Waals surface area contributed by atoms with Gasteiger partial charge in [0.2, 0.25) is 0 Å². The molecular formula is C15H11NO2. The van der Waals surface area contributed by atoms with Gasteiger partial charge in [0.05, 0.1) is 0 Å². The molecule has 2 aromatic heterocycles. The molecule has 0 fully saturated rings. The van der Waals surface area contributed by atoms with Crippen LogP contribution in [0.4, 0.5) is 0 Å². The maximum absolute atomic E-state index is 10.9. The standard InChI is InChI=1S/C15H11NO2/c1-10-6-7-12(16-13(10)9-17)15-8-11-4-2-3-5-14(11)18-15/h2-9H,1H3. The van der Waals surface area contributed by atoms with E-state index in [4.69, 9.17) is 4.42 Å². The maximum atomic E-state index is 10.9. The number of pyridine rings is 1. The molecule has 0 unspecified atom stereocenters. The Morgan fingerprint density at radius 1 is 1.17 bits per heavy atom. The summed E-state index contributed by atoms with van der Waals surface area (Å²) in [6, 6.07) is 13.4. The third-order valence-corrected chi connectivity index (χ3v) is 2.93. The Kier molecular flexibility index (Phi) is 2.45. The third-order valence-electron chi connectivity index (χ3n) is 2.93. The van der Waals surface area contributed by atoms with E-state index < -0.39 is 0 Å². The van der Waals surface area contributed by atoms with Crippen LogP contribution in [0, 0.1) is 6.92 Å². The number of nitrogens with zero attached hydrogens (tertiary/aromatic N) is 1. The van der Waals surface area contributed by atoms with E-state index >= 15 is 0 Å². The predicted molar refractivity (Wildman–Crippen MR) is 69.6 cm³/mol. The summed E-state index contributed by atoms with van der Waals surface area (Å²) in [6.45, 7) is 1.86. The monoisotopic (exact) mass is 237 g/mol. The molecule has 0 aliphatic carbocycles. The zero-order chi connectivity index (χ0) is 12.5. The second-order valence-corrected chi connectivity index (χ2v) is 4.16. The Hall–Kier alpha value is -2.42. The summed E-state index contributed by atoms with van der Waals surface area (Å²) in [7, 11) is 0. The number of hydrogen-bond donors (Lipinski definition) is 0. The van der Waals surface area contributed by atoms with Crippen LogP contribution < -0.4 is 0 Å². The molecule has 3 aromatic rings. The number of para-hydroxylation sites is 1. The molecule has 0 saturated heterocycles. The fraction of sp³-hybridized carbons (Fsp3) is 0.0667. The molecule has 0 bridgehead atoms. The van der Waals surface area contributed by atoms with Gasteiger partial charge in [-0.3, -0.25) is 4.79 Å². The van der Waals surface area contributed by atoms with E-state index in [0.29, 0.717) is 17.1 Å². The Balaban J connectivity index is 2.16. The highest BCUT2D eigenvalue weighted by atomic mass is 16.3. The first kappa shape index (κ1) is 10.7. The average Bonchev–Trinajstić information content (AvgIpc) is 2.83. The van der Waals surface area contributed by atoms with Gasteiger partial charge in [-0.15, -0.1) is 0 Å². The number of aromatic nitrogens is 1. The summed E-state index contributed by atoms with van der Waals surface area (Å²) >= 11 is 0. The second-order valence-electron chi connectivity index (χ2n) is 4.16. The number of fused-ring (bicyclic) bond motifs is 1. The molecule has 0 spiro atoms. The minimum absolute atomic E-state index is 0.452. The zero-order valence-electron chi connectivity index (χ0n) is 9.88. The van der Waals surface area contributed by atoms with Gasteiger partial charge in [-0.1, -0.05) is 24.3 Å². The van der Waals surface area contributed by atoms with Crippen molar-refractivity contribution in [3.63, 3.8) is 0 Å². The van der Waals surface area contributed by atoms with Crippen molar-refractivity contribution in [1.29, 1.82) is 0 Å². The predicted octanol–water partition coefficient (Wildman–Crippen LogP) is 3.62. The van der Waals surface area contributed by atoms with Crippen LogP contribution in [0.1, 0.15) is 16.1 Å². The van der Waals surface area contributed by atoms with Gasteiger partial charge in [0, 0.05) is 5.39 Å². The van der Waals surface area contributed by atoms with E-state index in [1.54, 1.807) is 0 Å². The van der Waals surface area contributed by atoms with Gasteiger partial charge >= 0.3 is 0 Å². The summed E-state index contributed by atoms with van der Waals surface area (Å²) in [5, 5.41) is 1.03. The van der Waals surface area contributed by atoms with Crippen LogP contribution >= 0.6 is 0 Å². The molecule has 0 atom stereocenters. The van der Waals surface area contributed by atoms with E-state index in [-0.39, 0.29) is 0 Å². The lowest BCUT2D eigenvalue weighted by molar-refractivity contribution is 0.111.